The van der Waals surface area contributed by atoms with Crippen LogP contribution in [0.2, 0.25) is 0 Å². The summed E-state index contributed by atoms with van der Waals surface area (Å²) >= 11 is 0. The van der Waals surface area contributed by atoms with Crippen molar-refractivity contribution in [2.45, 2.75) is 19.0 Å². The molecule has 0 radical (unpaired) electrons. The molecule has 0 unspecified atom stereocenters. The number of piperidine rings is 1. The monoisotopic (exact) mass is 344 g/mol. The molecule has 0 spiro atoms. The van der Waals surface area contributed by atoms with Gasteiger partial charge in [-0.1, -0.05) is 0 Å². The van der Waals surface area contributed by atoms with Crippen LogP contribution in [0.5, 0.6) is 5.75 Å². The van der Waals surface area contributed by atoms with E-state index < -0.39 is 24.5 Å². The number of rotatable bonds is 4. The number of nitrogens with zero attached hydrogens (tertiary/aromatic N) is 1. The molecule has 2 amide bonds. The fourth-order valence-corrected chi connectivity index (χ4v) is 2.59. The van der Waals surface area contributed by atoms with Gasteiger partial charge in [-0.25, -0.2) is 0 Å². The highest BCUT2D eigenvalue weighted by molar-refractivity contribution is 5.94. The zero-order valence-corrected chi connectivity index (χ0v) is 13.2. The lowest BCUT2D eigenvalue weighted by atomic mass is 9.95. The van der Waals surface area contributed by atoms with Crippen molar-refractivity contribution in [3.63, 3.8) is 0 Å². The van der Waals surface area contributed by atoms with Crippen LogP contribution >= 0.6 is 0 Å². The highest BCUT2D eigenvalue weighted by Crippen LogP contribution is 2.21. The van der Waals surface area contributed by atoms with Gasteiger partial charge < -0.3 is 15.0 Å². The number of likely N-dealkylation sites (tertiary alicyclic amines) is 1. The summed E-state index contributed by atoms with van der Waals surface area (Å²) in [7, 11) is 1.53. The van der Waals surface area contributed by atoms with Gasteiger partial charge in [0.15, 0.2) is 0 Å². The fourth-order valence-electron chi connectivity index (χ4n) is 2.59. The standard InChI is InChI=1S/C16H19F3N2O3/c1-24-13-4-2-12(3-5-13)15(23)21-8-6-11(7-9-21)14(22)20-10-16(17,18)19/h2-5,11H,6-10H2,1H3,(H,20,22). The van der Waals surface area contributed by atoms with E-state index in [0.29, 0.717) is 37.2 Å². The number of amides is 2. The molecule has 1 aromatic rings. The minimum Gasteiger partial charge on any atom is -0.497 e. The van der Waals surface area contributed by atoms with E-state index in [-0.39, 0.29) is 5.91 Å². The normalized spacial score (nSPS) is 15.9. The van der Waals surface area contributed by atoms with Crippen molar-refractivity contribution < 1.29 is 27.5 Å². The number of carbonyl (C=O) groups is 2. The second-order valence-electron chi connectivity index (χ2n) is 5.63. The minimum absolute atomic E-state index is 0.160. The molecular weight excluding hydrogens is 325 g/mol. The Morgan fingerprint density at radius 3 is 2.29 bits per heavy atom. The zero-order chi connectivity index (χ0) is 17.7. The highest BCUT2D eigenvalue weighted by atomic mass is 19.4. The SMILES string of the molecule is COc1ccc(C(=O)N2CCC(C(=O)NCC(F)(F)F)CC2)cc1. The number of carbonyl (C=O) groups excluding carboxylic acids is 2. The van der Waals surface area contributed by atoms with Crippen molar-refractivity contribution >= 4 is 11.8 Å². The Morgan fingerprint density at radius 1 is 1.21 bits per heavy atom. The fraction of sp³-hybridized carbons (Fsp3) is 0.500. The topological polar surface area (TPSA) is 58.6 Å². The van der Waals surface area contributed by atoms with Crippen LogP contribution in [0.4, 0.5) is 13.2 Å². The minimum atomic E-state index is -4.42. The summed E-state index contributed by atoms with van der Waals surface area (Å²) in [5, 5.41) is 1.90. The summed E-state index contributed by atoms with van der Waals surface area (Å²) in [6, 6.07) is 6.68. The summed E-state index contributed by atoms with van der Waals surface area (Å²) in [6.45, 7) is -0.638. The smallest absolute Gasteiger partial charge is 0.405 e. The molecule has 1 heterocycles. The molecule has 5 nitrogen and oxygen atoms in total. The Hall–Kier alpha value is -2.25. The Morgan fingerprint density at radius 2 is 1.79 bits per heavy atom. The molecular formula is C16H19F3N2O3. The molecule has 0 saturated carbocycles. The molecule has 1 saturated heterocycles. The first-order chi connectivity index (χ1) is 11.3. The van der Waals surface area contributed by atoms with Gasteiger partial charge in [-0.15, -0.1) is 0 Å². The first-order valence-corrected chi connectivity index (χ1v) is 7.58. The van der Waals surface area contributed by atoms with E-state index in [2.05, 4.69) is 0 Å². The lowest BCUT2D eigenvalue weighted by Crippen LogP contribution is -2.44. The van der Waals surface area contributed by atoms with E-state index in [4.69, 9.17) is 4.74 Å². The van der Waals surface area contributed by atoms with Crippen molar-refractivity contribution in [2.24, 2.45) is 5.92 Å². The molecule has 0 bridgehead atoms. The lowest BCUT2D eigenvalue weighted by Gasteiger charge is -2.31. The summed E-state index contributed by atoms with van der Waals surface area (Å²) in [5.74, 6) is -0.616. The predicted molar refractivity (Wildman–Crippen MR) is 80.7 cm³/mol. The summed E-state index contributed by atoms with van der Waals surface area (Å²) in [6.07, 6.45) is -3.71. The maximum absolute atomic E-state index is 12.4. The molecule has 1 N–H and O–H groups in total. The molecule has 24 heavy (non-hydrogen) atoms. The van der Waals surface area contributed by atoms with Crippen LogP contribution in [0, 0.1) is 5.92 Å². The quantitative estimate of drug-likeness (QED) is 0.911. The summed E-state index contributed by atoms with van der Waals surface area (Å²) < 4.78 is 41.4. The molecule has 0 aromatic heterocycles. The number of ether oxygens (including phenoxy) is 1. The van der Waals surface area contributed by atoms with Gasteiger partial charge >= 0.3 is 6.18 Å². The Bertz CT molecular complexity index is 579. The van der Waals surface area contributed by atoms with Crippen LogP contribution in [-0.2, 0) is 4.79 Å². The molecule has 0 atom stereocenters. The molecule has 1 fully saturated rings. The van der Waals surface area contributed by atoms with Crippen LogP contribution in [0.3, 0.4) is 0 Å². The Kier molecular flexibility index (Phi) is 5.69. The first-order valence-electron chi connectivity index (χ1n) is 7.58. The van der Waals surface area contributed by atoms with E-state index in [9.17, 15) is 22.8 Å². The number of nitrogens with one attached hydrogen (secondary N) is 1. The van der Waals surface area contributed by atoms with Crippen molar-refractivity contribution in [3.8, 4) is 5.75 Å². The average Bonchev–Trinajstić information content (AvgIpc) is 2.58. The van der Waals surface area contributed by atoms with Gasteiger partial charge in [0.2, 0.25) is 5.91 Å². The second kappa shape index (κ2) is 7.55. The molecule has 1 aliphatic rings. The average molecular weight is 344 g/mol. The van der Waals surface area contributed by atoms with Crippen LogP contribution in [-0.4, -0.2) is 49.6 Å². The molecule has 0 aliphatic carbocycles. The van der Waals surface area contributed by atoms with E-state index in [1.807, 2.05) is 5.32 Å². The van der Waals surface area contributed by atoms with E-state index in [1.165, 1.54) is 7.11 Å². The largest absolute Gasteiger partial charge is 0.497 e. The maximum Gasteiger partial charge on any atom is 0.405 e. The van der Waals surface area contributed by atoms with Crippen molar-refractivity contribution in [3.05, 3.63) is 29.8 Å². The van der Waals surface area contributed by atoms with E-state index in [1.54, 1.807) is 29.2 Å². The van der Waals surface area contributed by atoms with Crippen LogP contribution in [0.25, 0.3) is 0 Å². The van der Waals surface area contributed by atoms with Gasteiger partial charge in [-0.05, 0) is 37.1 Å². The molecule has 132 valence electrons. The van der Waals surface area contributed by atoms with Gasteiger partial charge in [-0.3, -0.25) is 9.59 Å². The third-order valence-electron chi connectivity index (χ3n) is 3.95. The third-order valence-corrected chi connectivity index (χ3v) is 3.95. The Balaban J connectivity index is 1.85. The summed E-state index contributed by atoms with van der Waals surface area (Å²) in [5.41, 5.74) is 0.510. The van der Waals surface area contributed by atoms with Gasteiger partial charge in [0, 0.05) is 24.6 Å². The number of halogens is 3. The maximum atomic E-state index is 12.4. The molecule has 2 rings (SSSR count). The van der Waals surface area contributed by atoms with Crippen LogP contribution in [0.1, 0.15) is 23.2 Å². The molecule has 1 aliphatic heterocycles. The van der Waals surface area contributed by atoms with Crippen LogP contribution in [0.15, 0.2) is 24.3 Å². The third kappa shape index (κ3) is 4.87. The first kappa shape index (κ1) is 18.1. The van der Waals surface area contributed by atoms with Gasteiger partial charge in [-0.2, -0.15) is 13.2 Å². The number of benzene rings is 1. The number of methoxy groups -OCH3 is 1. The summed E-state index contributed by atoms with van der Waals surface area (Å²) in [4.78, 5) is 25.7. The Labute approximate surface area is 137 Å². The van der Waals surface area contributed by atoms with Crippen LogP contribution < -0.4 is 10.1 Å². The number of hydrogen-bond donors (Lipinski definition) is 1. The highest BCUT2D eigenvalue weighted by Gasteiger charge is 2.32. The van der Waals surface area contributed by atoms with E-state index in [0.717, 1.165) is 0 Å². The van der Waals surface area contributed by atoms with Gasteiger partial charge in [0.25, 0.3) is 5.91 Å². The van der Waals surface area contributed by atoms with Crippen molar-refractivity contribution in [1.82, 2.24) is 10.2 Å². The molecule has 1 aromatic carbocycles. The van der Waals surface area contributed by atoms with Crippen molar-refractivity contribution in [1.29, 1.82) is 0 Å². The number of hydrogen-bond acceptors (Lipinski definition) is 3. The van der Waals surface area contributed by atoms with E-state index >= 15 is 0 Å². The van der Waals surface area contributed by atoms with Gasteiger partial charge in [0.1, 0.15) is 12.3 Å². The second-order valence-corrected chi connectivity index (χ2v) is 5.63. The van der Waals surface area contributed by atoms with Gasteiger partial charge in [0.05, 0.1) is 7.11 Å². The predicted octanol–water partition coefficient (Wildman–Crippen LogP) is 2.23. The number of alkyl halides is 3. The molecule has 8 heteroatoms. The zero-order valence-electron chi connectivity index (χ0n) is 13.2. The van der Waals surface area contributed by atoms with Crippen molar-refractivity contribution in [2.75, 3.05) is 26.7 Å². The lowest BCUT2D eigenvalue weighted by molar-refractivity contribution is -0.141.